The largest absolute Gasteiger partial charge is 0.238 e. The molecule has 1 aliphatic carbocycles. The van der Waals surface area contributed by atoms with E-state index in [-0.39, 0.29) is 0 Å². The van der Waals surface area contributed by atoms with Crippen LogP contribution in [0.2, 0.25) is 0 Å². The third-order valence-corrected chi connectivity index (χ3v) is 3.38. The molecular formula is C14H17N. The molecule has 2 rings (SSSR count). The van der Waals surface area contributed by atoms with Gasteiger partial charge in [-0.25, -0.2) is 4.85 Å². The molecule has 78 valence electrons. The van der Waals surface area contributed by atoms with Crippen molar-refractivity contribution in [1.29, 1.82) is 0 Å². The van der Waals surface area contributed by atoms with Crippen LogP contribution < -0.4 is 0 Å². The molecule has 0 bridgehead atoms. The van der Waals surface area contributed by atoms with Gasteiger partial charge >= 0.3 is 0 Å². The summed E-state index contributed by atoms with van der Waals surface area (Å²) in [5, 5.41) is 0. The number of benzene rings is 1. The first-order chi connectivity index (χ1) is 7.02. The highest BCUT2D eigenvalue weighted by Gasteiger charge is 2.31. The summed E-state index contributed by atoms with van der Waals surface area (Å²) in [4.78, 5) is 3.49. The SMILES string of the molecule is [C-]#[N+]c1ccc2c(c1)CCC2C(C)(C)C. The highest BCUT2D eigenvalue weighted by molar-refractivity contribution is 5.52. The van der Waals surface area contributed by atoms with E-state index >= 15 is 0 Å². The minimum atomic E-state index is 0.338. The van der Waals surface area contributed by atoms with Crippen LogP contribution in [0.4, 0.5) is 5.69 Å². The Morgan fingerprint density at radius 2 is 2.07 bits per heavy atom. The average Bonchev–Trinajstić information content (AvgIpc) is 2.59. The van der Waals surface area contributed by atoms with Crippen LogP contribution in [0.5, 0.6) is 0 Å². The normalized spacial score (nSPS) is 19.7. The van der Waals surface area contributed by atoms with E-state index in [1.54, 1.807) is 0 Å². The van der Waals surface area contributed by atoms with Gasteiger partial charge in [0.2, 0.25) is 0 Å². The van der Waals surface area contributed by atoms with Crippen LogP contribution in [0.1, 0.15) is 44.2 Å². The third kappa shape index (κ3) is 1.77. The van der Waals surface area contributed by atoms with Crippen LogP contribution in [-0.2, 0) is 6.42 Å². The van der Waals surface area contributed by atoms with Crippen molar-refractivity contribution in [2.75, 3.05) is 0 Å². The molecule has 1 aliphatic rings. The predicted molar refractivity (Wildman–Crippen MR) is 63.2 cm³/mol. The Morgan fingerprint density at radius 1 is 1.33 bits per heavy atom. The van der Waals surface area contributed by atoms with E-state index < -0.39 is 0 Å². The maximum Gasteiger partial charge on any atom is 0.187 e. The summed E-state index contributed by atoms with van der Waals surface area (Å²) in [6.07, 6.45) is 2.38. The topological polar surface area (TPSA) is 4.36 Å². The fourth-order valence-corrected chi connectivity index (χ4v) is 2.57. The molecule has 0 amide bonds. The lowest BCUT2D eigenvalue weighted by Crippen LogP contribution is -2.15. The van der Waals surface area contributed by atoms with Gasteiger partial charge in [0, 0.05) is 0 Å². The summed E-state index contributed by atoms with van der Waals surface area (Å²) in [6.45, 7) is 13.9. The smallest absolute Gasteiger partial charge is 0.187 e. The number of aryl methyl sites for hydroxylation is 1. The van der Waals surface area contributed by atoms with E-state index in [0.717, 1.165) is 12.1 Å². The fraction of sp³-hybridized carbons (Fsp3) is 0.500. The third-order valence-electron chi connectivity index (χ3n) is 3.38. The lowest BCUT2D eigenvalue weighted by Gasteiger charge is -2.27. The highest BCUT2D eigenvalue weighted by atomic mass is 14.6. The number of hydrogen-bond donors (Lipinski definition) is 0. The first-order valence-corrected chi connectivity index (χ1v) is 5.52. The highest BCUT2D eigenvalue weighted by Crippen LogP contribution is 2.45. The minimum Gasteiger partial charge on any atom is -0.238 e. The van der Waals surface area contributed by atoms with E-state index in [1.165, 1.54) is 17.5 Å². The van der Waals surface area contributed by atoms with E-state index in [1.807, 2.05) is 6.07 Å². The van der Waals surface area contributed by atoms with Crippen molar-refractivity contribution >= 4 is 5.69 Å². The summed E-state index contributed by atoms with van der Waals surface area (Å²) in [5.41, 5.74) is 3.98. The molecule has 0 saturated carbocycles. The maximum atomic E-state index is 7.00. The first-order valence-electron chi connectivity index (χ1n) is 5.52. The summed E-state index contributed by atoms with van der Waals surface area (Å²) in [7, 11) is 0. The molecule has 1 heteroatoms. The van der Waals surface area contributed by atoms with Gasteiger partial charge < -0.3 is 0 Å². The summed E-state index contributed by atoms with van der Waals surface area (Å²) < 4.78 is 0. The molecule has 0 aliphatic heterocycles. The van der Waals surface area contributed by atoms with Gasteiger partial charge in [-0.1, -0.05) is 44.5 Å². The molecule has 1 aromatic rings. The Bertz CT molecular complexity index is 418. The molecule has 0 N–H and O–H groups in total. The second kappa shape index (κ2) is 3.38. The van der Waals surface area contributed by atoms with Crippen molar-refractivity contribution < 1.29 is 0 Å². The van der Waals surface area contributed by atoms with Gasteiger partial charge in [0.25, 0.3) is 0 Å². The summed E-state index contributed by atoms with van der Waals surface area (Å²) in [5.74, 6) is 0.660. The number of hydrogen-bond acceptors (Lipinski definition) is 0. The van der Waals surface area contributed by atoms with Crippen LogP contribution >= 0.6 is 0 Å². The standard InChI is InChI=1S/C14H17N/c1-14(2,3)13-8-5-10-9-11(15-4)6-7-12(10)13/h6-7,9,13H,5,8H2,1-3H3. The molecule has 15 heavy (non-hydrogen) atoms. The summed E-state index contributed by atoms with van der Waals surface area (Å²) in [6, 6.07) is 6.18. The van der Waals surface area contributed by atoms with E-state index in [4.69, 9.17) is 6.57 Å². The van der Waals surface area contributed by atoms with E-state index in [9.17, 15) is 0 Å². The summed E-state index contributed by atoms with van der Waals surface area (Å²) >= 11 is 0. The van der Waals surface area contributed by atoms with Crippen molar-refractivity contribution in [3.8, 4) is 0 Å². The monoisotopic (exact) mass is 199 g/mol. The molecule has 0 fully saturated rings. The Hall–Kier alpha value is -1.29. The maximum absolute atomic E-state index is 7.00. The van der Waals surface area contributed by atoms with Gasteiger partial charge in [-0.15, -0.1) is 0 Å². The Kier molecular flexibility index (Phi) is 2.31. The minimum absolute atomic E-state index is 0.338. The zero-order chi connectivity index (χ0) is 11.1. The molecule has 1 nitrogen and oxygen atoms in total. The second-order valence-corrected chi connectivity index (χ2v) is 5.45. The zero-order valence-corrected chi connectivity index (χ0v) is 9.67. The molecule has 1 aromatic carbocycles. The lowest BCUT2D eigenvalue weighted by atomic mass is 9.77. The Morgan fingerprint density at radius 3 is 2.67 bits per heavy atom. The van der Waals surface area contributed by atoms with Gasteiger partial charge in [0.15, 0.2) is 5.69 Å². The molecule has 0 spiro atoms. The lowest BCUT2D eigenvalue weighted by molar-refractivity contribution is 0.319. The Balaban J connectivity index is 2.42. The number of nitrogens with zero attached hydrogens (tertiary/aromatic N) is 1. The van der Waals surface area contributed by atoms with Crippen molar-refractivity contribution in [2.24, 2.45) is 5.41 Å². The van der Waals surface area contributed by atoms with Crippen molar-refractivity contribution in [1.82, 2.24) is 0 Å². The first kappa shape index (κ1) is 10.2. The van der Waals surface area contributed by atoms with Crippen LogP contribution in [-0.4, -0.2) is 0 Å². The van der Waals surface area contributed by atoms with Crippen LogP contribution in [0.3, 0.4) is 0 Å². The molecule has 1 atom stereocenters. The van der Waals surface area contributed by atoms with Gasteiger partial charge in [-0.2, -0.15) is 0 Å². The molecule has 0 radical (unpaired) electrons. The predicted octanol–water partition coefficient (Wildman–Crippen LogP) is 4.31. The van der Waals surface area contributed by atoms with Crippen molar-refractivity contribution in [3.05, 3.63) is 40.7 Å². The van der Waals surface area contributed by atoms with Crippen LogP contribution in [0.15, 0.2) is 18.2 Å². The van der Waals surface area contributed by atoms with Gasteiger partial charge in [0.05, 0.1) is 6.57 Å². The van der Waals surface area contributed by atoms with Crippen LogP contribution in [0, 0.1) is 12.0 Å². The van der Waals surface area contributed by atoms with Gasteiger partial charge in [-0.3, -0.25) is 0 Å². The van der Waals surface area contributed by atoms with Crippen LogP contribution in [0.25, 0.3) is 4.85 Å². The van der Waals surface area contributed by atoms with E-state index in [2.05, 4.69) is 37.7 Å². The molecule has 0 heterocycles. The van der Waals surface area contributed by atoms with Crippen molar-refractivity contribution in [2.45, 2.75) is 39.5 Å². The number of rotatable bonds is 0. The number of fused-ring (bicyclic) bond motifs is 1. The fourth-order valence-electron chi connectivity index (χ4n) is 2.57. The zero-order valence-electron chi connectivity index (χ0n) is 9.67. The second-order valence-electron chi connectivity index (χ2n) is 5.45. The molecule has 0 saturated heterocycles. The quantitative estimate of drug-likeness (QED) is 0.548. The molecule has 1 unspecified atom stereocenters. The average molecular weight is 199 g/mol. The molecule has 0 aromatic heterocycles. The Labute approximate surface area is 91.9 Å². The van der Waals surface area contributed by atoms with Crippen molar-refractivity contribution in [3.63, 3.8) is 0 Å². The molecular weight excluding hydrogens is 182 g/mol. The van der Waals surface area contributed by atoms with E-state index in [0.29, 0.717) is 11.3 Å². The van der Waals surface area contributed by atoms with Gasteiger partial charge in [-0.05, 0) is 29.7 Å². The van der Waals surface area contributed by atoms with Gasteiger partial charge in [0.1, 0.15) is 0 Å².